The molecule has 0 aliphatic carbocycles. The van der Waals surface area contributed by atoms with E-state index in [0.717, 1.165) is 12.1 Å². The van der Waals surface area contributed by atoms with E-state index in [4.69, 9.17) is 39.5 Å². The maximum absolute atomic E-state index is 11.8. The number of nitro benzene ring substituents is 1. The number of nitrogens with zero attached hydrogens (tertiary/aromatic N) is 1. The van der Waals surface area contributed by atoms with E-state index in [1.165, 1.54) is 18.2 Å². The molecule has 2 aromatic carbocycles. The molecule has 0 saturated heterocycles. The van der Waals surface area contributed by atoms with Gasteiger partial charge >= 0.3 is 5.97 Å². The fourth-order valence-electron chi connectivity index (χ4n) is 1.90. The fourth-order valence-corrected chi connectivity index (χ4v) is 2.49. The minimum absolute atomic E-state index is 0.0145. The van der Waals surface area contributed by atoms with E-state index in [-0.39, 0.29) is 21.4 Å². The van der Waals surface area contributed by atoms with E-state index < -0.39 is 23.4 Å². The van der Waals surface area contributed by atoms with Crippen LogP contribution in [0.25, 0.3) is 6.08 Å². The van der Waals surface area contributed by atoms with Gasteiger partial charge in [-0.2, -0.15) is 0 Å². The molecule has 0 aromatic heterocycles. The lowest BCUT2D eigenvalue weighted by molar-refractivity contribution is -0.384. The molecule has 1 amide bonds. The van der Waals surface area contributed by atoms with Crippen LogP contribution < -0.4 is 5.32 Å². The number of hydrogen-bond acceptors (Lipinski definition) is 5. The van der Waals surface area contributed by atoms with Crippen LogP contribution in [0.2, 0.25) is 15.1 Å². The first-order chi connectivity index (χ1) is 12.8. The van der Waals surface area contributed by atoms with Crippen LogP contribution in [0.1, 0.15) is 5.56 Å². The average Bonchev–Trinajstić information content (AvgIpc) is 2.62. The van der Waals surface area contributed by atoms with Crippen molar-refractivity contribution in [2.75, 3.05) is 11.9 Å². The van der Waals surface area contributed by atoms with Gasteiger partial charge in [0.25, 0.3) is 11.6 Å². The van der Waals surface area contributed by atoms with Crippen molar-refractivity contribution >= 4 is 64.1 Å². The highest BCUT2D eigenvalue weighted by Crippen LogP contribution is 2.27. The van der Waals surface area contributed by atoms with Gasteiger partial charge < -0.3 is 10.1 Å². The highest BCUT2D eigenvalue weighted by Gasteiger charge is 2.12. The van der Waals surface area contributed by atoms with E-state index >= 15 is 0 Å². The standard InChI is InChI=1S/C17H11Cl3N2O5/c18-12-3-1-2-10(17(12)20)4-7-16(24)27-9-15(23)21-14-6-5-11(22(25)26)8-13(14)19/h1-8H,9H2,(H,21,23)/b7-4+. The predicted octanol–water partition coefficient (Wildman–Crippen LogP) is 4.75. The van der Waals surface area contributed by atoms with Gasteiger partial charge in [-0.15, -0.1) is 0 Å². The number of anilines is 1. The molecular weight excluding hydrogens is 419 g/mol. The number of nitrogens with one attached hydrogen (secondary N) is 1. The highest BCUT2D eigenvalue weighted by atomic mass is 35.5. The number of non-ortho nitro benzene ring substituents is 1. The predicted molar refractivity (Wildman–Crippen MR) is 103 cm³/mol. The van der Waals surface area contributed by atoms with Crippen molar-refractivity contribution in [3.63, 3.8) is 0 Å². The Labute approximate surface area is 168 Å². The van der Waals surface area contributed by atoms with Crippen LogP contribution in [-0.4, -0.2) is 23.4 Å². The van der Waals surface area contributed by atoms with Crippen LogP contribution in [0.4, 0.5) is 11.4 Å². The van der Waals surface area contributed by atoms with Crippen LogP contribution in [-0.2, 0) is 14.3 Å². The molecule has 1 N–H and O–H groups in total. The van der Waals surface area contributed by atoms with Crippen LogP contribution in [0, 0.1) is 10.1 Å². The van der Waals surface area contributed by atoms with E-state index in [2.05, 4.69) is 5.32 Å². The molecular formula is C17H11Cl3N2O5. The fraction of sp³-hybridized carbons (Fsp3) is 0.0588. The van der Waals surface area contributed by atoms with Crippen molar-refractivity contribution in [3.05, 3.63) is 73.2 Å². The molecule has 0 aliphatic heterocycles. The van der Waals surface area contributed by atoms with Crippen molar-refractivity contribution < 1.29 is 19.2 Å². The molecule has 7 nitrogen and oxygen atoms in total. The Kier molecular flexibility index (Phi) is 7.18. The quantitative estimate of drug-likeness (QED) is 0.309. The van der Waals surface area contributed by atoms with Gasteiger partial charge in [0.05, 0.1) is 25.7 Å². The molecule has 10 heteroatoms. The summed E-state index contributed by atoms with van der Waals surface area (Å²) in [5.74, 6) is -1.43. The number of ether oxygens (including phenoxy) is 1. The maximum Gasteiger partial charge on any atom is 0.331 e. The molecule has 0 unspecified atom stereocenters. The van der Waals surface area contributed by atoms with Crippen molar-refractivity contribution in [1.29, 1.82) is 0 Å². The molecule has 0 radical (unpaired) electrons. The molecule has 0 spiro atoms. The minimum atomic E-state index is -0.768. The summed E-state index contributed by atoms with van der Waals surface area (Å²) in [5.41, 5.74) is 0.460. The van der Waals surface area contributed by atoms with Gasteiger partial charge in [0.15, 0.2) is 6.61 Å². The number of esters is 1. The third-order valence-corrected chi connectivity index (χ3v) is 4.31. The Morgan fingerprint density at radius 3 is 2.56 bits per heavy atom. The van der Waals surface area contributed by atoms with Crippen LogP contribution in [0.15, 0.2) is 42.5 Å². The van der Waals surface area contributed by atoms with Gasteiger partial charge in [0.2, 0.25) is 0 Å². The molecule has 27 heavy (non-hydrogen) atoms. The van der Waals surface area contributed by atoms with E-state index in [9.17, 15) is 19.7 Å². The molecule has 0 aliphatic rings. The summed E-state index contributed by atoms with van der Waals surface area (Å²) in [6.45, 7) is -0.570. The molecule has 0 bridgehead atoms. The summed E-state index contributed by atoms with van der Waals surface area (Å²) in [5, 5.41) is 13.6. The normalized spacial score (nSPS) is 10.6. The number of rotatable bonds is 6. The van der Waals surface area contributed by atoms with E-state index in [1.54, 1.807) is 18.2 Å². The molecule has 2 rings (SSSR count). The molecule has 0 fully saturated rings. The Bertz CT molecular complexity index is 931. The third kappa shape index (κ3) is 5.96. The summed E-state index contributed by atoms with van der Waals surface area (Å²) < 4.78 is 4.80. The van der Waals surface area contributed by atoms with Crippen LogP contribution in [0.3, 0.4) is 0 Å². The van der Waals surface area contributed by atoms with Crippen molar-refractivity contribution in [3.8, 4) is 0 Å². The first-order valence-electron chi connectivity index (χ1n) is 7.30. The number of halogens is 3. The second-order valence-electron chi connectivity index (χ2n) is 5.05. The van der Waals surface area contributed by atoms with Crippen LogP contribution in [0.5, 0.6) is 0 Å². The summed E-state index contributed by atoms with van der Waals surface area (Å²) in [6.07, 6.45) is 2.51. The topological polar surface area (TPSA) is 98.5 Å². The van der Waals surface area contributed by atoms with Crippen LogP contribution >= 0.6 is 34.8 Å². The summed E-state index contributed by atoms with van der Waals surface area (Å²) in [6, 6.07) is 8.49. The third-order valence-electron chi connectivity index (χ3n) is 3.16. The van der Waals surface area contributed by atoms with E-state index in [0.29, 0.717) is 10.6 Å². The summed E-state index contributed by atoms with van der Waals surface area (Å²) >= 11 is 17.7. The maximum atomic E-state index is 11.8. The summed E-state index contributed by atoms with van der Waals surface area (Å²) in [4.78, 5) is 33.5. The lowest BCUT2D eigenvalue weighted by Crippen LogP contribution is -2.20. The Balaban J connectivity index is 1.90. The highest BCUT2D eigenvalue weighted by molar-refractivity contribution is 6.42. The van der Waals surface area contributed by atoms with Gasteiger partial charge in [0.1, 0.15) is 0 Å². The number of nitro groups is 1. The largest absolute Gasteiger partial charge is 0.452 e. The zero-order valence-electron chi connectivity index (χ0n) is 13.4. The lowest BCUT2D eigenvalue weighted by atomic mass is 10.2. The number of carbonyl (C=O) groups excluding carboxylic acids is 2. The Morgan fingerprint density at radius 2 is 1.89 bits per heavy atom. The van der Waals surface area contributed by atoms with Crippen molar-refractivity contribution in [2.24, 2.45) is 0 Å². The second-order valence-corrected chi connectivity index (χ2v) is 6.25. The second kappa shape index (κ2) is 9.36. The van der Waals surface area contributed by atoms with Gasteiger partial charge in [-0.05, 0) is 23.8 Å². The average molecular weight is 430 g/mol. The molecule has 0 heterocycles. The van der Waals surface area contributed by atoms with Crippen molar-refractivity contribution in [2.45, 2.75) is 0 Å². The molecule has 0 atom stereocenters. The Hall–Kier alpha value is -2.61. The van der Waals surface area contributed by atoms with Crippen molar-refractivity contribution in [1.82, 2.24) is 0 Å². The SMILES string of the molecule is O=C(COC(=O)/C=C/c1cccc(Cl)c1Cl)Nc1ccc([N+](=O)[O-])cc1Cl. The van der Waals surface area contributed by atoms with E-state index in [1.807, 2.05) is 0 Å². The number of benzene rings is 2. The van der Waals surface area contributed by atoms with Gasteiger partial charge in [-0.1, -0.05) is 46.9 Å². The van der Waals surface area contributed by atoms with Gasteiger partial charge in [-0.3, -0.25) is 14.9 Å². The molecule has 0 saturated carbocycles. The zero-order valence-corrected chi connectivity index (χ0v) is 15.7. The smallest absolute Gasteiger partial charge is 0.331 e. The monoisotopic (exact) mass is 428 g/mol. The first kappa shape index (κ1) is 20.7. The number of amides is 1. The minimum Gasteiger partial charge on any atom is -0.452 e. The first-order valence-corrected chi connectivity index (χ1v) is 8.44. The summed E-state index contributed by atoms with van der Waals surface area (Å²) in [7, 11) is 0. The number of carbonyl (C=O) groups is 2. The molecule has 140 valence electrons. The van der Waals surface area contributed by atoms with Gasteiger partial charge in [0, 0.05) is 18.2 Å². The lowest BCUT2D eigenvalue weighted by Gasteiger charge is -2.07. The van der Waals surface area contributed by atoms with Gasteiger partial charge in [-0.25, -0.2) is 4.79 Å². The number of hydrogen-bond donors (Lipinski definition) is 1. The zero-order chi connectivity index (χ0) is 20.0. The molecule has 2 aromatic rings. The Morgan fingerprint density at radius 1 is 1.15 bits per heavy atom.